The molecule has 0 bridgehead atoms. The third kappa shape index (κ3) is 4.85. The first kappa shape index (κ1) is 18.4. The number of hydrogen-bond donors (Lipinski definition) is 5. The average molecular weight is 294 g/mol. The maximum atomic E-state index is 11.3. The molecule has 0 amide bonds. The van der Waals surface area contributed by atoms with Crippen LogP contribution < -0.4 is 0 Å². The lowest BCUT2D eigenvalue weighted by Gasteiger charge is -2.26. The number of esters is 1. The summed E-state index contributed by atoms with van der Waals surface area (Å²) in [4.78, 5) is 33.5. The largest absolute Gasteiger partial charge is 0.478 e. The van der Waals surface area contributed by atoms with Crippen LogP contribution in [0.2, 0.25) is 0 Å². The minimum absolute atomic E-state index is 0.734. The van der Waals surface area contributed by atoms with Crippen LogP contribution in [0.5, 0.6) is 0 Å². The highest BCUT2D eigenvalue weighted by molar-refractivity contribution is 6.34. The molecule has 0 radical (unpaired) electrons. The van der Waals surface area contributed by atoms with Gasteiger partial charge >= 0.3 is 11.9 Å². The summed E-state index contributed by atoms with van der Waals surface area (Å²) in [6, 6.07) is 0. The van der Waals surface area contributed by atoms with Crippen LogP contribution in [-0.4, -0.2) is 74.3 Å². The lowest BCUT2D eigenvalue weighted by Crippen LogP contribution is -2.51. The van der Waals surface area contributed by atoms with Crippen molar-refractivity contribution in [2.24, 2.45) is 5.92 Å². The van der Waals surface area contributed by atoms with Crippen LogP contribution in [0.25, 0.3) is 0 Å². The second kappa shape index (κ2) is 7.90. The molecular formula is C11H18O9. The zero-order valence-corrected chi connectivity index (χ0v) is 11.0. The first-order valence-electron chi connectivity index (χ1n) is 5.76. The van der Waals surface area contributed by atoms with Crippen molar-refractivity contribution in [1.29, 1.82) is 0 Å². The van der Waals surface area contributed by atoms with Gasteiger partial charge in [-0.3, -0.25) is 4.79 Å². The second-order valence-corrected chi connectivity index (χ2v) is 4.41. The Labute approximate surface area is 114 Å². The van der Waals surface area contributed by atoms with Gasteiger partial charge in [-0.05, 0) is 0 Å². The zero-order valence-electron chi connectivity index (χ0n) is 11.0. The monoisotopic (exact) mass is 294 g/mol. The molecule has 0 fully saturated rings. The smallest absolute Gasteiger partial charge is 0.375 e. The van der Waals surface area contributed by atoms with Crippen LogP contribution in [0.1, 0.15) is 13.8 Å². The van der Waals surface area contributed by atoms with Crippen molar-refractivity contribution in [2.75, 3.05) is 6.61 Å². The van der Waals surface area contributed by atoms with Crippen LogP contribution in [0.15, 0.2) is 0 Å². The summed E-state index contributed by atoms with van der Waals surface area (Å²) >= 11 is 0. The third-order valence-electron chi connectivity index (χ3n) is 2.44. The quantitative estimate of drug-likeness (QED) is 0.236. The maximum Gasteiger partial charge on any atom is 0.375 e. The number of rotatable bonds is 8. The molecule has 0 unspecified atom stereocenters. The summed E-state index contributed by atoms with van der Waals surface area (Å²) in [5.41, 5.74) is 0. The molecule has 0 rings (SSSR count). The lowest BCUT2D eigenvalue weighted by atomic mass is 10.0. The highest BCUT2D eigenvalue weighted by Crippen LogP contribution is 2.10. The summed E-state index contributed by atoms with van der Waals surface area (Å²) in [5, 5.41) is 45.4. The van der Waals surface area contributed by atoms with Crippen LogP contribution in [0, 0.1) is 5.92 Å². The molecular weight excluding hydrogens is 276 g/mol. The van der Waals surface area contributed by atoms with Gasteiger partial charge in [0.25, 0.3) is 0 Å². The first-order chi connectivity index (χ1) is 9.13. The summed E-state index contributed by atoms with van der Waals surface area (Å²) in [6.45, 7) is 1.84. The average Bonchev–Trinajstić information content (AvgIpc) is 2.40. The molecule has 0 aromatic carbocycles. The number of ketones is 1. The molecule has 9 heteroatoms. The fourth-order valence-corrected chi connectivity index (χ4v) is 1.19. The normalized spacial score (nSPS) is 17.1. The van der Waals surface area contributed by atoms with Gasteiger partial charge in [0.1, 0.15) is 18.3 Å². The number of aliphatic carboxylic acids is 1. The number of carbonyl (C=O) groups excluding carboxylic acids is 2. The molecule has 0 aliphatic heterocycles. The fraction of sp³-hybridized carbons (Fsp3) is 0.727. The van der Waals surface area contributed by atoms with Gasteiger partial charge < -0.3 is 30.3 Å². The van der Waals surface area contributed by atoms with Crippen LogP contribution >= 0.6 is 0 Å². The first-order valence-corrected chi connectivity index (χ1v) is 5.76. The highest BCUT2D eigenvalue weighted by Gasteiger charge is 2.39. The number of hydrogen-bond acceptors (Lipinski definition) is 8. The molecule has 0 aliphatic carbocycles. The molecule has 0 aromatic heterocycles. The Morgan fingerprint density at radius 1 is 1.05 bits per heavy atom. The van der Waals surface area contributed by atoms with Crippen molar-refractivity contribution in [2.45, 2.75) is 38.3 Å². The van der Waals surface area contributed by atoms with Gasteiger partial charge in [0.15, 0.2) is 0 Å². The molecule has 0 saturated carbocycles. The summed E-state index contributed by atoms with van der Waals surface area (Å²) < 4.78 is 4.32. The van der Waals surface area contributed by atoms with E-state index in [-0.39, 0.29) is 0 Å². The SMILES string of the molecule is CC(C)C(=O)C(=O)O[C@@H](C(=O)O)[C@@H](O)[C@@H](O)[C@H](O)CO. The van der Waals surface area contributed by atoms with Crippen molar-refractivity contribution in [3.63, 3.8) is 0 Å². The minimum atomic E-state index is -2.25. The Hall–Kier alpha value is -1.55. The predicted molar refractivity (Wildman–Crippen MR) is 62.5 cm³/mol. The Bertz CT molecular complexity index is 365. The summed E-state index contributed by atoms with van der Waals surface area (Å²) in [5.74, 6) is -5.02. The standard InChI is InChI=1S/C11H18O9/c1-4(2)6(14)11(19)20-9(10(17)18)8(16)7(15)5(13)3-12/h4-5,7-9,12-13,15-16H,3H2,1-2H3,(H,17,18)/t5-,7+,8+,9-/m1/s1. The molecule has 116 valence electrons. The van der Waals surface area contributed by atoms with Crippen molar-refractivity contribution in [1.82, 2.24) is 0 Å². The third-order valence-corrected chi connectivity index (χ3v) is 2.44. The van der Waals surface area contributed by atoms with E-state index < -0.39 is 54.7 Å². The van der Waals surface area contributed by atoms with E-state index in [2.05, 4.69) is 4.74 Å². The van der Waals surface area contributed by atoms with Crippen molar-refractivity contribution < 1.29 is 44.7 Å². The van der Waals surface area contributed by atoms with Gasteiger partial charge in [-0.1, -0.05) is 13.8 Å². The molecule has 0 heterocycles. The lowest BCUT2D eigenvalue weighted by molar-refractivity contribution is -0.183. The van der Waals surface area contributed by atoms with Crippen molar-refractivity contribution >= 4 is 17.7 Å². The van der Waals surface area contributed by atoms with Gasteiger partial charge in [-0.25, -0.2) is 9.59 Å². The summed E-state index contributed by atoms with van der Waals surface area (Å²) in [6.07, 6.45) is -8.35. The predicted octanol–water partition coefficient (Wildman–Crippen LogP) is -2.72. The van der Waals surface area contributed by atoms with Gasteiger partial charge in [0.05, 0.1) is 6.61 Å². The molecule has 0 spiro atoms. The number of aliphatic hydroxyl groups is 4. The molecule has 0 aromatic rings. The van der Waals surface area contributed by atoms with Crippen LogP contribution in [0.4, 0.5) is 0 Å². The Balaban J connectivity index is 4.95. The molecule has 0 aliphatic rings. The van der Waals surface area contributed by atoms with Gasteiger partial charge in [0, 0.05) is 5.92 Å². The van der Waals surface area contributed by atoms with Crippen LogP contribution in [-0.2, 0) is 19.1 Å². The molecule has 5 N–H and O–H groups in total. The fourth-order valence-electron chi connectivity index (χ4n) is 1.19. The van der Waals surface area contributed by atoms with E-state index in [9.17, 15) is 24.6 Å². The maximum absolute atomic E-state index is 11.3. The number of Topliss-reactive ketones (excluding diaryl/α,β-unsaturated/α-hetero) is 1. The van der Waals surface area contributed by atoms with Crippen molar-refractivity contribution in [3.8, 4) is 0 Å². The number of aliphatic hydroxyl groups excluding tert-OH is 4. The van der Waals surface area contributed by atoms with Crippen molar-refractivity contribution in [3.05, 3.63) is 0 Å². The van der Waals surface area contributed by atoms with E-state index >= 15 is 0 Å². The van der Waals surface area contributed by atoms with Gasteiger partial charge in [-0.15, -0.1) is 0 Å². The van der Waals surface area contributed by atoms with E-state index in [0.717, 1.165) is 0 Å². The zero-order chi connectivity index (χ0) is 16.0. The number of carboxylic acids is 1. The van der Waals surface area contributed by atoms with Gasteiger partial charge in [0.2, 0.25) is 11.9 Å². The molecule has 0 saturated heterocycles. The number of carbonyl (C=O) groups is 3. The Morgan fingerprint density at radius 3 is 1.90 bits per heavy atom. The summed E-state index contributed by atoms with van der Waals surface area (Å²) in [7, 11) is 0. The number of carboxylic acid groups (broad SMARTS) is 1. The molecule has 9 nitrogen and oxygen atoms in total. The van der Waals surface area contributed by atoms with Crippen LogP contribution in [0.3, 0.4) is 0 Å². The Kier molecular flexibility index (Phi) is 7.29. The minimum Gasteiger partial charge on any atom is -0.478 e. The molecule has 20 heavy (non-hydrogen) atoms. The van der Waals surface area contributed by atoms with E-state index in [0.29, 0.717) is 0 Å². The second-order valence-electron chi connectivity index (χ2n) is 4.41. The topological polar surface area (TPSA) is 162 Å². The van der Waals surface area contributed by atoms with Gasteiger partial charge in [-0.2, -0.15) is 0 Å². The van der Waals surface area contributed by atoms with E-state index in [1.54, 1.807) is 0 Å². The van der Waals surface area contributed by atoms with E-state index in [1.807, 2.05) is 0 Å². The van der Waals surface area contributed by atoms with E-state index in [4.69, 9.17) is 15.3 Å². The Morgan fingerprint density at radius 2 is 1.55 bits per heavy atom. The molecule has 4 atom stereocenters. The number of ether oxygens (including phenoxy) is 1. The highest BCUT2D eigenvalue weighted by atomic mass is 16.6. The van der Waals surface area contributed by atoms with E-state index in [1.165, 1.54) is 13.8 Å².